The summed E-state index contributed by atoms with van der Waals surface area (Å²) in [5, 5.41) is 5.64. The lowest BCUT2D eigenvalue weighted by Crippen LogP contribution is -2.30. The summed E-state index contributed by atoms with van der Waals surface area (Å²) in [4.78, 5) is 28.5. The Morgan fingerprint density at radius 3 is 2.74 bits per heavy atom. The Hall–Kier alpha value is -3.89. The molecule has 35 heavy (non-hydrogen) atoms. The minimum atomic E-state index is -3.12. The van der Waals surface area contributed by atoms with Gasteiger partial charge >= 0.3 is 6.61 Å². The van der Waals surface area contributed by atoms with E-state index in [9.17, 15) is 18.4 Å². The van der Waals surface area contributed by atoms with Gasteiger partial charge < -0.3 is 24.8 Å². The number of carbonyl (C=O) groups is 2. The Morgan fingerprint density at radius 2 is 2.06 bits per heavy atom. The lowest BCUT2D eigenvalue weighted by atomic mass is 10.1. The second-order valence-corrected chi connectivity index (χ2v) is 8.53. The van der Waals surface area contributed by atoms with Crippen molar-refractivity contribution < 1.29 is 32.6 Å². The number of hydrogen-bond acceptors (Lipinski definition) is 6. The van der Waals surface area contributed by atoms with Crippen LogP contribution in [-0.2, 0) is 4.79 Å². The summed E-state index contributed by atoms with van der Waals surface area (Å²) in [7, 11) is 1.37. The van der Waals surface area contributed by atoms with Crippen molar-refractivity contribution in [1.29, 1.82) is 0 Å². The predicted octanol–water partition coefficient (Wildman–Crippen LogP) is 3.16. The number of ether oxygens (including phenoxy) is 3. The molecule has 0 spiro atoms. The SMILES string of the molecule is COc1cc(-c2cnc3cc(OCC4CCC(=O)N4)ccn23)cc(OC(F)F)c1C(=O)NC1CC1. The molecule has 1 aliphatic carbocycles. The van der Waals surface area contributed by atoms with Crippen LogP contribution in [0.5, 0.6) is 17.2 Å². The van der Waals surface area contributed by atoms with Crippen molar-refractivity contribution in [3.05, 3.63) is 42.2 Å². The molecule has 1 saturated heterocycles. The van der Waals surface area contributed by atoms with Crippen LogP contribution in [0.2, 0.25) is 0 Å². The first-order chi connectivity index (χ1) is 16.9. The highest BCUT2D eigenvalue weighted by Crippen LogP contribution is 2.37. The summed E-state index contributed by atoms with van der Waals surface area (Å²) in [5.74, 6) is -0.0773. The van der Waals surface area contributed by atoms with Gasteiger partial charge in [-0.25, -0.2) is 4.98 Å². The molecule has 1 aliphatic heterocycles. The molecule has 2 aliphatic rings. The van der Waals surface area contributed by atoms with Gasteiger partial charge in [0.25, 0.3) is 5.91 Å². The average Bonchev–Trinajstić information content (AvgIpc) is 3.38. The maximum absolute atomic E-state index is 13.2. The molecule has 1 saturated carbocycles. The van der Waals surface area contributed by atoms with E-state index in [-0.39, 0.29) is 35.1 Å². The third kappa shape index (κ3) is 4.98. The number of aromatic nitrogens is 2. The summed E-state index contributed by atoms with van der Waals surface area (Å²) < 4.78 is 44.1. The van der Waals surface area contributed by atoms with Crippen LogP contribution in [0.4, 0.5) is 8.78 Å². The second kappa shape index (κ2) is 9.40. The normalized spacial score (nSPS) is 17.5. The van der Waals surface area contributed by atoms with Crippen LogP contribution in [0.1, 0.15) is 36.0 Å². The van der Waals surface area contributed by atoms with E-state index in [0.717, 1.165) is 19.3 Å². The van der Waals surface area contributed by atoms with E-state index in [1.807, 2.05) is 0 Å². The summed E-state index contributed by atoms with van der Waals surface area (Å²) in [5.41, 5.74) is 1.56. The smallest absolute Gasteiger partial charge is 0.387 e. The molecular formula is C24H24F2N4O5. The van der Waals surface area contributed by atoms with Gasteiger partial charge in [-0.2, -0.15) is 8.78 Å². The van der Waals surface area contributed by atoms with Gasteiger partial charge in [-0.1, -0.05) is 0 Å². The first-order valence-electron chi connectivity index (χ1n) is 11.3. The van der Waals surface area contributed by atoms with E-state index in [1.54, 1.807) is 35.0 Å². The Labute approximate surface area is 199 Å². The van der Waals surface area contributed by atoms with E-state index >= 15 is 0 Å². The third-order valence-corrected chi connectivity index (χ3v) is 5.96. The molecule has 2 fully saturated rings. The highest BCUT2D eigenvalue weighted by atomic mass is 19.3. The molecule has 3 heterocycles. The Bertz CT molecular complexity index is 1270. The van der Waals surface area contributed by atoms with Crippen LogP contribution in [0.15, 0.2) is 36.7 Å². The zero-order valence-electron chi connectivity index (χ0n) is 18.9. The quantitative estimate of drug-likeness (QED) is 0.482. The fourth-order valence-electron chi connectivity index (χ4n) is 4.06. The number of benzene rings is 1. The Kier molecular flexibility index (Phi) is 6.14. The summed E-state index contributed by atoms with van der Waals surface area (Å²) in [6.45, 7) is -2.76. The van der Waals surface area contributed by atoms with Gasteiger partial charge in [-0.05, 0) is 37.5 Å². The van der Waals surface area contributed by atoms with Crippen molar-refractivity contribution in [3.63, 3.8) is 0 Å². The van der Waals surface area contributed by atoms with Gasteiger partial charge in [0.15, 0.2) is 0 Å². The number of rotatable bonds is 9. The third-order valence-electron chi connectivity index (χ3n) is 5.96. The summed E-state index contributed by atoms with van der Waals surface area (Å²) in [6.07, 6.45) is 6.25. The number of nitrogens with zero attached hydrogens (tertiary/aromatic N) is 2. The molecule has 5 rings (SSSR count). The fourth-order valence-corrected chi connectivity index (χ4v) is 4.06. The summed E-state index contributed by atoms with van der Waals surface area (Å²) in [6, 6.07) is 6.48. The molecule has 2 amide bonds. The maximum atomic E-state index is 13.2. The number of halogens is 2. The maximum Gasteiger partial charge on any atom is 0.387 e. The molecule has 1 atom stereocenters. The molecule has 1 aromatic carbocycles. The number of alkyl halides is 2. The van der Waals surface area contributed by atoms with Gasteiger partial charge in [-0.3, -0.25) is 14.0 Å². The highest BCUT2D eigenvalue weighted by molar-refractivity contribution is 6.01. The number of carbonyl (C=O) groups excluding carboxylic acids is 2. The molecular weight excluding hydrogens is 462 g/mol. The number of amides is 2. The first-order valence-corrected chi connectivity index (χ1v) is 11.3. The second-order valence-electron chi connectivity index (χ2n) is 8.53. The van der Waals surface area contributed by atoms with E-state index in [0.29, 0.717) is 35.7 Å². The van der Waals surface area contributed by atoms with E-state index in [4.69, 9.17) is 14.2 Å². The number of methoxy groups -OCH3 is 1. The molecule has 1 unspecified atom stereocenters. The topological polar surface area (TPSA) is 103 Å². The molecule has 184 valence electrons. The molecule has 2 N–H and O–H groups in total. The zero-order valence-corrected chi connectivity index (χ0v) is 18.9. The van der Waals surface area contributed by atoms with Gasteiger partial charge in [0.2, 0.25) is 5.91 Å². The van der Waals surface area contributed by atoms with Crippen molar-refractivity contribution >= 4 is 17.5 Å². The predicted molar refractivity (Wildman–Crippen MR) is 121 cm³/mol. The van der Waals surface area contributed by atoms with E-state index < -0.39 is 12.5 Å². The van der Waals surface area contributed by atoms with Gasteiger partial charge in [0, 0.05) is 30.3 Å². The lowest BCUT2D eigenvalue weighted by molar-refractivity contribution is -0.119. The van der Waals surface area contributed by atoms with Gasteiger partial charge in [0.05, 0.1) is 25.0 Å². The van der Waals surface area contributed by atoms with Gasteiger partial charge in [-0.15, -0.1) is 0 Å². The van der Waals surface area contributed by atoms with Crippen molar-refractivity contribution in [1.82, 2.24) is 20.0 Å². The van der Waals surface area contributed by atoms with Crippen LogP contribution in [-0.4, -0.2) is 53.6 Å². The number of pyridine rings is 1. The molecule has 2 aromatic heterocycles. The minimum absolute atomic E-state index is 0.0219. The number of fused-ring (bicyclic) bond motifs is 1. The first kappa shape index (κ1) is 22.9. The van der Waals surface area contributed by atoms with E-state index in [1.165, 1.54) is 13.2 Å². The van der Waals surface area contributed by atoms with Crippen molar-refractivity contribution in [2.75, 3.05) is 13.7 Å². The fraction of sp³-hybridized carbons (Fsp3) is 0.375. The van der Waals surface area contributed by atoms with Crippen LogP contribution in [0.3, 0.4) is 0 Å². The molecule has 0 bridgehead atoms. The number of imidazole rings is 1. The Balaban J connectivity index is 1.44. The van der Waals surface area contributed by atoms with Crippen molar-refractivity contribution in [2.45, 2.75) is 44.4 Å². The standard InChI is InChI=1S/C24H24F2N4O5/c1-33-18-8-13(9-19(35-24(25)26)22(18)23(32)29-14-2-3-14)17-11-27-20-10-16(6-7-30(17)20)34-12-15-4-5-21(31)28-15/h6-11,14-15,24H,2-5,12H2,1H3,(H,28,31)(H,29,32). The van der Waals surface area contributed by atoms with Crippen LogP contribution < -0.4 is 24.8 Å². The van der Waals surface area contributed by atoms with E-state index in [2.05, 4.69) is 15.6 Å². The summed E-state index contributed by atoms with van der Waals surface area (Å²) >= 11 is 0. The van der Waals surface area contributed by atoms with Crippen molar-refractivity contribution in [3.8, 4) is 28.5 Å². The van der Waals surface area contributed by atoms with Gasteiger partial charge in [0.1, 0.15) is 35.1 Å². The lowest BCUT2D eigenvalue weighted by Gasteiger charge is -2.16. The molecule has 11 heteroatoms. The van der Waals surface area contributed by atoms with Crippen LogP contribution >= 0.6 is 0 Å². The minimum Gasteiger partial charge on any atom is -0.496 e. The number of nitrogens with one attached hydrogen (secondary N) is 2. The molecule has 9 nitrogen and oxygen atoms in total. The molecule has 0 radical (unpaired) electrons. The largest absolute Gasteiger partial charge is 0.496 e. The number of hydrogen-bond donors (Lipinski definition) is 2. The Morgan fingerprint density at radius 1 is 1.26 bits per heavy atom. The monoisotopic (exact) mass is 486 g/mol. The van der Waals surface area contributed by atoms with Crippen LogP contribution in [0, 0.1) is 0 Å². The molecule has 3 aromatic rings. The zero-order chi connectivity index (χ0) is 24.5. The highest BCUT2D eigenvalue weighted by Gasteiger charge is 2.29. The van der Waals surface area contributed by atoms with Crippen molar-refractivity contribution in [2.24, 2.45) is 0 Å². The average molecular weight is 486 g/mol. The van der Waals surface area contributed by atoms with Crippen LogP contribution in [0.25, 0.3) is 16.9 Å².